The smallest absolute Gasteiger partial charge is 0.168 e. The van der Waals surface area contributed by atoms with E-state index in [1.807, 2.05) is 23.6 Å². The molecule has 5 nitrogen and oxygen atoms in total. The lowest BCUT2D eigenvalue weighted by atomic mass is 9.82. The van der Waals surface area contributed by atoms with E-state index in [4.69, 9.17) is 4.74 Å². The molecule has 5 heteroatoms. The molecule has 0 aliphatic heterocycles. The van der Waals surface area contributed by atoms with E-state index in [0.29, 0.717) is 13.2 Å². The van der Waals surface area contributed by atoms with E-state index in [2.05, 4.69) is 28.7 Å². The fourth-order valence-electron chi connectivity index (χ4n) is 4.04. The van der Waals surface area contributed by atoms with Crippen molar-refractivity contribution >= 4 is 16.7 Å². The Morgan fingerprint density at radius 2 is 2.12 bits per heavy atom. The highest BCUT2D eigenvalue weighted by atomic mass is 16.5. The molecule has 1 unspecified atom stereocenters. The summed E-state index contributed by atoms with van der Waals surface area (Å²) >= 11 is 0. The molecule has 1 aliphatic rings. The third-order valence-electron chi connectivity index (χ3n) is 5.48. The molecule has 0 fully saturated rings. The third-order valence-corrected chi connectivity index (χ3v) is 5.48. The highest BCUT2D eigenvalue weighted by Crippen LogP contribution is 2.35. The Morgan fingerprint density at radius 1 is 1.32 bits per heavy atom. The average molecular weight is 337 g/mol. The van der Waals surface area contributed by atoms with E-state index in [-0.39, 0.29) is 11.7 Å². The Kier molecular flexibility index (Phi) is 3.96. The zero-order chi connectivity index (χ0) is 17.6. The number of fused-ring (bicyclic) bond motifs is 3. The van der Waals surface area contributed by atoms with Gasteiger partial charge in [-0.2, -0.15) is 0 Å². The number of benzene rings is 1. The molecule has 0 saturated carbocycles. The van der Waals surface area contributed by atoms with Crippen molar-refractivity contribution in [3.63, 3.8) is 0 Å². The molecule has 1 atom stereocenters. The minimum absolute atomic E-state index is 0.00269. The minimum atomic E-state index is 0.00269. The van der Waals surface area contributed by atoms with Gasteiger partial charge in [-0.15, -0.1) is 0 Å². The molecule has 4 rings (SSSR count). The lowest BCUT2D eigenvalue weighted by Gasteiger charge is -2.22. The molecule has 0 radical (unpaired) electrons. The maximum Gasteiger partial charge on any atom is 0.168 e. The number of carbonyl (C=O) groups is 1. The molecule has 0 amide bonds. The van der Waals surface area contributed by atoms with Crippen molar-refractivity contribution in [2.75, 3.05) is 7.11 Å². The number of para-hydroxylation sites is 1. The fraction of sp³-hybridized carbons (Fsp3) is 0.400. The van der Waals surface area contributed by atoms with Crippen LogP contribution in [0.2, 0.25) is 0 Å². The summed E-state index contributed by atoms with van der Waals surface area (Å²) in [5.74, 6) is 0.265. The summed E-state index contributed by atoms with van der Waals surface area (Å²) in [4.78, 5) is 17.7. The fourth-order valence-corrected chi connectivity index (χ4v) is 4.04. The van der Waals surface area contributed by atoms with E-state index < -0.39 is 0 Å². The van der Waals surface area contributed by atoms with Gasteiger partial charge in [-0.3, -0.25) is 4.79 Å². The quantitative estimate of drug-likeness (QED) is 0.734. The van der Waals surface area contributed by atoms with Gasteiger partial charge >= 0.3 is 0 Å². The normalized spacial score (nSPS) is 17.2. The molecule has 1 aromatic carbocycles. The van der Waals surface area contributed by atoms with Crippen LogP contribution in [0, 0.1) is 12.8 Å². The van der Waals surface area contributed by atoms with Crippen molar-refractivity contribution in [2.24, 2.45) is 13.0 Å². The number of ketones is 1. The van der Waals surface area contributed by atoms with Gasteiger partial charge in [0.15, 0.2) is 5.78 Å². The molecule has 3 aromatic rings. The lowest BCUT2D eigenvalue weighted by molar-refractivity contribution is 0.0901. The topological polar surface area (TPSA) is 49.0 Å². The molecular formula is C20H23N3O2. The molecule has 0 spiro atoms. The van der Waals surface area contributed by atoms with Crippen molar-refractivity contribution in [3.05, 3.63) is 53.2 Å². The number of nitrogens with zero attached hydrogens (tertiary/aromatic N) is 3. The third kappa shape index (κ3) is 2.50. The van der Waals surface area contributed by atoms with Crippen molar-refractivity contribution in [2.45, 2.75) is 32.9 Å². The summed E-state index contributed by atoms with van der Waals surface area (Å²) in [5.41, 5.74) is 5.31. The molecule has 0 N–H and O–H groups in total. The molecule has 0 bridgehead atoms. The predicted molar refractivity (Wildman–Crippen MR) is 96.7 cm³/mol. The Bertz CT molecular complexity index is 951. The number of rotatable bonds is 4. The molecule has 0 saturated heterocycles. The summed E-state index contributed by atoms with van der Waals surface area (Å²) in [5, 5.41) is 1.08. The van der Waals surface area contributed by atoms with Gasteiger partial charge in [-0.1, -0.05) is 18.2 Å². The van der Waals surface area contributed by atoms with Crippen LogP contribution in [0.3, 0.4) is 0 Å². The van der Waals surface area contributed by atoms with Crippen LogP contribution in [0.5, 0.6) is 0 Å². The first-order valence-corrected chi connectivity index (χ1v) is 8.71. The van der Waals surface area contributed by atoms with E-state index in [0.717, 1.165) is 40.7 Å². The molecule has 2 aromatic heterocycles. The summed E-state index contributed by atoms with van der Waals surface area (Å²) in [7, 11) is 3.73. The maximum atomic E-state index is 13.2. The molecule has 25 heavy (non-hydrogen) atoms. The largest absolute Gasteiger partial charge is 0.364 e. The van der Waals surface area contributed by atoms with Crippen LogP contribution in [0.25, 0.3) is 10.9 Å². The van der Waals surface area contributed by atoms with Crippen LogP contribution in [-0.2, 0) is 31.4 Å². The lowest BCUT2D eigenvalue weighted by Crippen LogP contribution is -2.25. The van der Waals surface area contributed by atoms with Crippen LogP contribution >= 0.6 is 0 Å². The van der Waals surface area contributed by atoms with Crippen molar-refractivity contribution in [1.29, 1.82) is 0 Å². The minimum Gasteiger partial charge on any atom is -0.364 e. The van der Waals surface area contributed by atoms with E-state index in [1.54, 1.807) is 13.4 Å². The highest BCUT2D eigenvalue weighted by Gasteiger charge is 2.32. The zero-order valence-electron chi connectivity index (χ0n) is 15.0. The zero-order valence-corrected chi connectivity index (χ0v) is 15.0. The van der Waals surface area contributed by atoms with E-state index >= 15 is 0 Å². The monoisotopic (exact) mass is 337 g/mol. The Morgan fingerprint density at radius 3 is 2.92 bits per heavy atom. The average Bonchev–Trinajstić information content (AvgIpc) is 3.11. The number of hydrogen-bond acceptors (Lipinski definition) is 3. The SMILES string of the molecule is COCn1cnc(CC2CCc3c(c4ccccc4n3C)C2=O)c1C. The number of hydrogen-bond donors (Lipinski definition) is 0. The van der Waals surface area contributed by atoms with Crippen molar-refractivity contribution < 1.29 is 9.53 Å². The molecule has 1 aliphatic carbocycles. The number of imidazole rings is 1. The van der Waals surface area contributed by atoms with Crippen molar-refractivity contribution in [3.8, 4) is 0 Å². The first-order valence-electron chi connectivity index (χ1n) is 8.71. The number of aryl methyl sites for hydroxylation is 1. The second-order valence-corrected chi connectivity index (χ2v) is 6.87. The number of methoxy groups -OCH3 is 1. The Labute approximate surface area is 147 Å². The molecule has 130 valence electrons. The van der Waals surface area contributed by atoms with Crippen LogP contribution in [0.4, 0.5) is 0 Å². The van der Waals surface area contributed by atoms with Gasteiger partial charge < -0.3 is 13.9 Å². The maximum absolute atomic E-state index is 13.2. The van der Waals surface area contributed by atoms with E-state index in [9.17, 15) is 4.79 Å². The van der Waals surface area contributed by atoms with Gasteiger partial charge in [0, 0.05) is 54.4 Å². The number of ether oxygens (including phenoxy) is 1. The molecular weight excluding hydrogens is 314 g/mol. The van der Waals surface area contributed by atoms with E-state index in [1.165, 1.54) is 5.69 Å². The summed E-state index contributed by atoms with van der Waals surface area (Å²) in [6.07, 6.45) is 4.32. The van der Waals surface area contributed by atoms with Gasteiger partial charge in [0.25, 0.3) is 0 Å². The van der Waals surface area contributed by atoms with Gasteiger partial charge in [0.1, 0.15) is 6.73 Å². The highest BCUT2D eigenvalue weighted by molar-refractivity contribution is 6.11. The number of carbonyl (C=O) groups excluding carboxylic acids is 1. The van der Waals surface area contributed by atoms with Crippen LogP contribution in [-0.4, -0.2) is 27.0 Å². The summed E-state index contributed by atoms with van der Waals surface area (Å²) in [6, 6.07) is 8.19. The predicted octanol–water partition coefficient (Wildman–Crippen LogP) is 3.27. The second-order valence-electron chi connectivity index (χ2n) is 6.87. The van der Waals surface area contributed by atoms with Gasteiger partial charge in [0.05, 0.1) is 12.0 Å². The second kappa shape index (κ2) is 6.15. The standard InChI is InChI=1S/C20H23N3O2/c1-13-16(21-11-23(13)12-25-3)10-14-8-9-18-19(20(14)24)15-6-4-5-7-17(15)22(18)2/h4-7,11,14H,8-10,12H2,1-3H3. The molecule has 2 heterocycles. The van der Waals surface area contributed by atoms with Gasteiger partial charge in [0.2, 0.25) is 0 Å². The van der Waals surface area contributed by atoms with Gasteiger partial charge in [-0.25, -0.2) is 4.98 Å². The first-order chi connectivity index (χ1) is 12.1. The Hall–Kier alpha value is -2.40. The summed E-state index contributed by atoms with van der Waals surface area (Å²) in [6.45, 7) is 2.53. The van der Waals surface area contributed by atoms with Crippen LogP contribution in [0.1, 0.15) is 33.9 Å². The first kappa shape index (κ1) is 16.1. The van der Waals surface area contributed by atoms with Crippen LogP contribution in [0.15, 0.2) is 30.6 Å². The van der Waals surface area contributed by atoms with Crippen molar-refractivity contribution in [1.82, 2.24) is 14.1 Å². The summed E-state index contributed by atoms with van der Waals surface area (Å²) < 4.78 is 9.34. The van der Waals surface area contributed by atoms with Gasteiger partial charge in [-0.05, 0) is 25.8 Å². The number of aromatic nitrogens is 3. The van der Waals surface area contributed by atoms with Crippen LogP contribution < -0.4 is 0 Å². The Balaban J connectivity index is 1.67. The number of Topliss-reactive ketones (excluding diaryl/α,β-unsaturated/α-hetero) is 1.